The van der Waals surface area contributed by atoms with E-state index in [1.165, 1.54) is 5.56 Å². The van der Waals surface area contributed by atoms with Gasteiger partial charge in [0.05, 0.1) is 0 Å². The largest absolute Gasteiger partial charge is 0.508 e. The van der Waals surface area contributed by atoms with E-state index in [2.05, 4.69) is 0 Å². The third kappa shape index (κ3) is 12.1. The SMILES string of the molecule is O=S(CCCCCCCCCCC(Cc1ccc(O)cc1)c1ccc(O)cc1)CCCC(F)(F)C(F)(F)F. The molecule has 0 aliphatic rings. The molecule has 214 valence electrons. The fourth-order valence-electron chi connectivity index (χ4n) is 4.46. The number of hydrogen-bond donors (Lipinski definition) is 2. The Morgan fingerprint density at radius 3 is 1.68 bits per heavy atom. The monoisotopic (exact) mass is 562 g/mol. The predicted molar refractivity (Wildman–Crippen MR) is 142 cm³/mol. The molecule has 0 heterocycles. The zero-order valence-electron chi connectivity index (χ0n) is 21.7. The average molecular weight is 563 g/mol. The smallest absolute Gasteiger partial charge is 0.453 e. The van der Waals surface area contributed by atoms with Gasteiger partial charge in [-0.05, 0) is 67.0 Å². The van der Waals surface area contributed by atoms with Crippen LogP contribution in [0.25, 0.3) is 0 Å². The lowest BCUT2D eigenvalue weighted by molar-refractivity contribution is -0.284. The highest BCUT2D eigenvalue weighted by Crippen LogP contribution is 2.38. The number of hydrogen-bond acceptors (Lipinski definition) is 3. The predicted octanol–water partition coefficient (Wildman–Crippen LogP) is 8.66. The van der Waals surface area contributed by atoms with Crippen molar-refractivity contribution in [3.05, 3.63) is 59.7 Å². The van der Waals surface area contributed by atoms with Crippen molar-refractivity contribution in [2.45, 2.75) is 95.1 Å². The summed E-state index contributed by atoms with van der Waals surface area (Å²) >= 11 is 0. The van der Waals surface area contributed by atoms with E-state index in [1.54, 1.807) is 24.3 Å². The van der Waals surface area contributed by atoms with Crippen LogP contribution in [0.2, 0.25) is 0 Å². The van der Waals surface area contributed by atoms with Crippen molar-refractivity contribution in [1.82, 2.24) is 0 Å². The molecular formula is C29H39F5O3S. The van der Waals surface area contributed by atoms with Crippen molar-refractivity contribution in [3.63, 3.8) is 0 Å². The molecule has 0 fully saturated rings. The molecule has 2 aromatic carbocycles. The first-order valence-corrected chi connectivity index (χ1v) is 14.8. The minimum Gasteiger partial charge on any atom is -0.508 e. The fraction of sp³-hybridized carbons (Fsp3) is 0.586. The number of aromatic hydroxyl groups is 2. The summed E-state index contributed by atoms with van der Waals surface area (Å²) in [5, 5.41) is 19.2. The second-order valence-electron chi connectivity index (χ2n) is 9.93. The van der Waals surface area contributed by atoms with Gasteiger partial charge in [-0.25, -0.2) is 0 Å². The number of alkyl halides is 5. The summed E-state index contributed by atoms with van der Waals surface area (Å²) < 4.78 is 74.0. The lowest BCUT2D eigenvalue weighted by Crippen LogP contribution is -2.36. The Balaban J connectivity index is 1.57. The Labute approximate surface area is 224 Å². The molecule has 0 aliphatic carbocycles. The first-order valence-electron chi connectivity index (χ1n) is 13.3. The molecule has 9 heteroatoms. The number of benzene rings is 2. The molecule has 0 saturated carbocycles. The van der Waals surface area contributed by atoms with Gasteiger partial charge in [-0.3, -0.25) is 4.21 Å². The molecule has 2 aromatic rings. The summed E-state index contributed by atoms with van der Waals surface area (Å²) in [5.41, 5.74) is 2.34. The molecule has 0 radical (unpaired) electrons. The second-order valence-corrected chi connectivity index (χ2v) is 11.6. The van der Waals surface area contributed by atoms with Gasteiger partial charge in [-0.15, -0.1) is 0 Å². The quantitative estimate of drug-likeness (QED) is 0.141. The molecule has 2 rings (SSSR count). The van der Waals surface area contributed by atoms with E-state index in [0.29, 0.717) is 18.1 Å². The third-order valence-electron chi connectivity index (χ3n) is 6.74. The van der Waals surface area contributed by atoms with Crippen LogP contribution >= 0.6 is 0 Å². The highest BCUT2D eigenvalue weighted by Gasteiger charge is 2.56. The van der Waals surface area contributed by atoms with E-state index in [0.717, 1.165) is 63.4 Å². The summed E-state index contributed by atoms with van der Waals surface area (Å²) in [7, 11) is -1.36. The van der Waals surface area contributed by atoms with E-state index in [1.807, 2.05) is 24.3 Å². The summed E-state index contributed by atoms with van der Waals surface area (Å²) in [6, 6.07) is 14.6. The Hall–Kier alpha value is -2.16. The van der Waals surface area contributed by atoms with Crippen molar-refractivity contribution in [2.24, 2.45) is 0 Å². The lowest BCUT2D eigenvalue weighted by Gasteiger charge is -2.19. The summed E-state index contributed by atoms with van der Waals surface area (Å²) in [6.45, 7) is 0. The molecule has 2 N–H and O–H groups in total. The first-order chi connectivity index (χ1) is 18.0. The molecule has 2 atom stereocenters. The number of halogens is 5. The third-order valence-corrected chi connectivity index (χ3v) is 8.22. The summed E-state index contributed by atoms with van der Waals surface area (Å²) in [5.74, 6) is -3.68. The van der Waals surface area contributed by atoms with Gasteiger partial charge in [0.1, 0.15) is 11.5 Å². The first kappa shape index (κ1) is 32.1. The number of unbranched alkanes of at least 4 members (excludes halogenated alkanes) is 7. The van der Waals surface area contributed by atoms with Crippen LogP contribution in [0.1, 0.15) is 87.7 Å². The van der Waals surface area contributed by atoms with Crippen molar-refractivity contribution in [1.29, 1.82) is 0 Å². The molecule has 0 saturated heterocycles. The van der Waals surface area contributed by atoms with Gasteiger partial charge in [-0.2, -0.15) is 22.0 Å². The van der Waals surface area contributed by atoms with Crippen LogP contribution in [0.5, 0.6) is 11.5 Å². The number of phenols is 2. The van der Waals surface area contributed by atoms with Gasteiger partial charge >= 0.3 is 12.1 Å². The zero-order valence-corrected chi connectivity index (χ0v) is 22.5. The van der Waals surface area contributed by atoms with Gasteiger partial charge in [0, 0.05) is 28.7 Å². The van der Waals surface area contributed by atoms with Gasteiger partial charge in [-0.1, -0.05) is 69.2 Å². The minimum atomic E-state index is -5.54. The van der Waals surface area contributed by atoms with Gasteiger partial charge in [0.15, 0.2) is 0 Å². The van der Waals surface area contributed by atoms with Crippen LogP contribution in [0.4, 0.5) is 22.0 Å². The van der Waals surface area contributed by atoms with Crippen molar-refractivity contribution in [2.75, 3.05) is 11.5 Å². The van der Waals surface area contributed by atoms with E-state index >= 15 is 0 Å². The number of phenolic OH excluding ortho intramolecular Hbond substituents is 2. The highest BCUT2D eigenvalue weighted by molar-refractivity contribution is 7.84. The van der Waals surface area contributed by atoms with E-state index < -0.39 is 35.7 Å². The van der Waals surface area contributed by atoms with Crippen LogP contribution in [0.3, 0.4) is 0 Å². The Morgan fingerprint density at radius 1 is 0.658 bits per heavy atom. The molecule has 0 aliphatic heterocycles. The maximum Gasteiger partial charge on any atom is 0.453 e. The molecule has 0 aromatic heterocycles. The Kier molecular flexibility index (Phi) is 13.5. The topological polar surface area (TPSA) is 57.5 Å². The van der Waals surface area contributed by atoms with Crippen LogP contribution in [0.15, 0.2) is 48.5 Å². The van der Waals surface area contributed by atoms with Crippen molar-refractivity contribution < 1.29 is 36.4 Å². The van der Waals surface area contributed by atoms with Crippen LogP contribution in [-0.2, 0) is 17.2 Å². The molecule has 2 unspecified atom stereocenters. The van der Waals surface area contributed by atoms with E-state index in [9.17, 15) is 36.4 Å². The van der Waals surface area contributed by atoms with Crippen molar-refractivity contribution >= 4 is 10.8 Å². The Morgan fingerprint density at radius 2 is 1.13 bits per heavy atom. The molecule has 38 heavy (non-hydrogen) atoms. The molecule has 0 spiro atoms. The standard InChI is InChI=1S/C29H39F5O3S/c30-28(31,29(32,33)34)19-9-21-38(37)20-8-6-4-2-1-3-5-7-10-25(24-13-17-27(36)18-14-24)22-23-11-15-26(35)16-12-23/h11-18,25,35-36H,1-10,19-22H2. The van der Waals surface area contributed by atoms with Crippen LogP contribution in [-0.4, -0.2) is 38.0 Å². The summed E-state index contributed by atoms with van der Waals surface area (Å²) in [6.07, 6.45) is 2.62. The minimum absolute atomic E-state index is 0.121. The fourth-order valence-corrected chi connectivity index (χ4v) is 5.66. The lowest BCUT2D eigenvalue weighted by atomic mass is 9.87. The second kappa shape index (κ2) is 16.1. The molecule has 0 bridgehead atoms. The molecule has 0 amide bonds. The zero-order chi connectivity index (χ0) is 28.0. The molecular weight excluding hydrogens is 523 g/mol. The van der Waals surface area contributed by atoms with Gasteiger partial charge in [0.2, 0.25) is 0 Å². The maximum absolute atomic E-state index is 12.9. The highest BCUT2D eigenvalue weighted by atomic mass is 32.2. The summed E-state index contributed by atoms with van der Waals surface area (Å²) in [4.78, 5) is 0. The van der Waals surface area contributed by atoms with Gasteiger partial charge < -0.3 is 10.2 Å². The average Bonchev–Trinajstić information content (AvgIpc) is 2.85. The molecule has 3 nitrogen and oxygen atoms in total. The number of rotatable bonds is 18. The van der Waals surface area contributed by atoms with Gasteiger partial charge in [0.25, 0.3) is 0 Å². The van der Waals surface area contributed by atoms with Crippen LogP contribution in [0, 0.1) is 0 Å². The normalized spacial score (nSPS) is 13.9. The van der Waals surface area contributed by atoms with E-state index in [4.69, 9.17) is 0 Å². The maximum atomic E-state index is 12.9. The Bertz CT molecular complexity index is 946. The van der Waals surface area contributed by atoms with Crippen molar-refractivity contribution in [3.8, 4) is 11.5 Å². The van der Waals surface area contributed by atoms with Crippen LogP contribution < -0.4 is 0 Å². The van der Waals surface area contributed by atoms with E-state index in [-0.39, 0.29) is 17.3 Å².